The number of aromatic nitrogens is 1. The van der Waals surface area contributed by atoms with E-state index >= 15 is 0 Å². The average Bonchev–Trinajstić information content (AvgIpc) is 2.66. The number of hydrogen-bond donors (Lipinski definition) is 0. The van der Waals surface area contributed by atoms with Crippen molar-refractivity contribution in [1.82, 2.24) is 4.98 Å². The molecule has 0 atom stereocenters. The lowest BCUT2D eigenvalue weighted by atomic mass is 10.2. The number of anilines is 1. The Bertz CT molecular complexity index is 659. The Balaban J connectivity index is 2.62. The van der Waals surface area contributed by atoms with Crippen molar-refractivity contribution in [3.05, 3.63) is 27.9 Å². The summed E-state index contributed by atoms with van der Waals surface area (Å²) in [5.41, 5.74) is -2.28. The first-order valence-electron chi connectivity index (χ1n) is 5.35. The van der Waals surface area contributed by atoms with Crippen molar-refractivity contribution < 1.29 is 26.5 Å². The lowest BCUT2D eigenvalue weighted by molar-refractivity contribution is -0.385. The van der Waals surface area contributed by atoms with Gasteiger partial charge in [0.1, 0.15) is 11.8 Å². The maximum atomic E-state index is 12.9. The third-order valence-electron chi connectivity index (χ3n) is 2.70. The second-order valence-corrected chi connectivity index (χ2v) is 6.07. The molecule has 0 saturated carbocycles. The van der Waals surface area contributed by atoms with Crippen LogP contribution in [-0.4, -0.2) is 30.6 Å². The second-order valence-electron chi connectivity index (χ2n) is 4.06. The zero-order valence-electron chi connectivity index (χ0n) is 9.79. The molecule has 0 N–H and O–H groups in total. The molecule has 0 bridgehead atoms. The van der Waals surface area contributed by atoms with Crippen LogP contribution in [0.2, 0.25) is 0 Å². The van der Waals surface area contributed by atoms with Gasteiger partial charge in [-0.15, -0.1) is 0 Å². The summed E-state index contributed by atoms with van der Waals surface area (Å²) < 4.78 is 62.6. The normalized spacial score (nSPS) is 18.2. The first-order valence-corrected chi connectivity index (χ1v) is 6.96. The molecule has 1 aromatic rings. The van der Waals surface area contributed by atoms with Crippen LogP contribution >= 0.6 is 0 Å². The summed E-state index contributed by atoms with van der Waals surface area (Å²) in [4.78, 5) is 12.8. The van der Waals surface area contributed by atoms with E-state index in [9.17, 15) is 31.7 Å². The molecule has 110 valence electrons. The predicted molar refractivity (Wildman–Crippen MR) is 61.6 cm³/mol. The summed E-state index contributed by atoms with van der Waals surface area (Å²) in [6.07, 6.45) is -4.15. The quantitative estimate of drug-likeness (QED) is 0.610. The van der Waals surface area contributed by atoms with Gasteiger partial charge >= 0.3 is 6.18 Å². The Hall–Kier alpha value is -1.91. The molecule has 1 aliphatic heterocycles. The highest BCUT2D eigenvalue weighted by atomic mass is 32.2. The Morgan fingerprint density at radius 2 is 2.05 bits per heavy atom. The standard InChI is InChI=1S/C9H8F3N3O4S/c10-9(11,12)7-4-6(15(16)17)5-13-8(7)14-2-1-3-20(14,18)19/h4-5H,1-3H2. The van der Waals surface area contributed by atoms with Crippen LogP contribution < -0.4 is 4.31 Å². The molecule has 0 aliphatic carbocycles. The highest BCUT2D eigenvalue weighted by Crippen LogP contribution is 2.39. The Morgan fingerprint density at radius 1 is 1.40 bits per heavy atom. The number of rotatable bonds is 2. The Labute approximate surface area is 111 Å². The monoisotopic (exact) mass is 311 g/mol. The van der Waals surface area contributed by atoms with Crippen molar-refractivity contribution in [2.24, 2.45) is 0 Å². The molecule has 11 heteroatoms. The van der Waals surface area contributed by atoms with Gasteiger partial charge < -0.3 is 0 Å². The van der Waals surface area contributed by atoms with E-state index in [0.29, 0.717) is 10.5 Å². The van der Waals surface area contributed by atoms with Gasteiger partial charge in [-0.2, -0.15) is 13.2 Å². The minimum Gasteiger partial charge on any atom is -0.258 e. The van der Waals surface area contributed by atoms with E-state index in [-0.39, 0.29) is 24.8 Å². The van der Waals surface area contributed by atoms with Crippen LogP contribution in [0.25, 0.3) is 0 Å². The lowest BCUT2D eigenvalue weighted by Gasteiger charge is -2.19. The molecular formula is C9H8F3N3O4S. The molecule has 0 amide bonds. The summed E-state index contributed by atoms with van der Waals surface area (Å²) in [5.74, 6) is -1.09. The zero-order valence-corrected chi connectivity index (χ0v) is 10.6. The molecule has 7 nitrogen and oxygen atoms in total. The largest absolute Gasteiger partial charge is 0.420 e. The van der Waals surface area contributed by atoms with E-state index in [0.717, 1.165) is 0 Å². The van der Waals surface area contributed by atoms with Crippen LogP contribution in [0.1, 0.15) is 12.0 Å². The first-order chi connectivity index (χ1) is 9.13. The maximum Gasteiger partial charge on any atom is 0.420 e. The van der Waals surface area contributed by atoms with Gasteiger partial charge in [0.05, 0.1) is 10.7 Å². The average molecular weight is 311 g/mol. The van der Waals surface area contributed by atoms with Gasteiger partial charge in [-0.05, 0) is 6.42 Å². The number of sulfonamides is 1. The first kappa shape index (κ1) is 14.5. The van der Waals surface area contributed by atoms with Crippen molar-refractivity contribution >= 4 is 21.5 Å². The van der Waals surface area contributed by atoms with Gasteiger partial charge in [-0.1, -0.05) is 0 Å². The Morgan fingerprint density at radius 3 is 2.50 bits per heavy atom. The van der Waals surface area contributed by atoms with Gasteiger partial charge in [0, 0.05) is 12.6 Å². The third kappa shape index (κ3) is 2.53. The fourth-order valence-corrected chi connectivity index (χ4v) is 3.36. The fraction of sp³-hybridized carbons (Fsp3) is 0.444. The summed E-state index contributed by atoms with van der Waals surface area (Å²) in [5, 5.41) is 10.5. The minimum absolute atomic E-state index is 0.129. The van der Waals surface area contributed by atoms with Gasteiger partial charge in [-0.25, -0.2) is 13.4 Å². The smallest absolute Gasteiger partial charge is 0.258 e. The van der Waals surface area contributed by atoms with E-state index in [1.807, 2.05) is 0 Å². The molecular weight excluding hydrogens is 303 g/mol. The van der Waals surface area contributed by atoms with Gasteiger partial charge in [0.2, 0.25) is 10.0 Å². The molecule has 1 aromatic heterocycles. The topological polar surface area (TPSA) is 93.4 Å². The number of hydrogen-bond acceptors (Lipinski definition) is 5. The van der Waals surface area contributed by atoms with E-state index in [4.69, 9.17) is 0 Å². The molecule has 0 aromatic carbocycles. The van der Waals surface area contributed by atoms with E-state index in [1.54, 1.807) is 0 Å². The highest BCUT2D eigenvalue weighted by Gasteiger charge is 2.41. The fourth-order valence-electron chi connectivity index (χ4n) is 1.83. The van der Waals surface area contributed by atoms with Gasteiger partial charge in [0.15, 0.2) is 5.82 Å². The number of halogens is 3. The molecule has 2 heterocycles. The van der Waals surface area contributed by atoms with Crippen LogP contribution in [0.3, 0.4) is 0 Å². The third-order valence-corrected chi connectivity index (χ3v) is 4.54. The van der Waals surface area contributed by atoms with Crippen molar-refractivity contribution in [2.45, 2.75) is 12.6 Å². The van der Waals surface area contributed by atoms with Crippen molar-refractivity contribution in [2.75, 3.05) is 16.6 Å². The number of nitrogens with zero attached hydrogens (tertiary/aromatic N) is 3. The molecule has 20 heavy (non-hydrogen) atoms. The number of nitro groups is 1. The molecule has 1 fully saturated rings. The van der Waals surface area contributed by atoms with Crippen molar-refractivity contribution in [1.29, 1.82) is 0 Å². The molecule has 1 aliphatic rings. The van der Waals surface area contributed by atoms with Crippen LogP contribution in [0.5, 0.6) is 0 Å². The predicted octanol–water partition coefficient (Wildman–Crippen LogP) is 1.55. The second kappa shape index (κ2) is 4.58. The molecule has 0 unspecified atom stereocenters. The summed E-state index contributed by atoms with van der Waals surface area (Å²) in [6.45, 7) is -0.129. The van der Waals surface area contributed by atoms with E-state index in [2.05, 4.69) is 4.98 Å². The highest BCUT2D eigenvalue weighted by molar-refractivity contribution is 7.93. The van der Waals surface area contributed by atoms with Crippen LogP contribution in [0.4, 0.5) is 24.7 Å². The van der Waals surface area contributed by atoms with Crippen LogP contribution in [0, 0.1) is 10.1 Å². The van der Waals surface area contributed by atoms with Gasteiger partial charge in [0.25, 0.3) is 5.69 Å². The van der Waals surface area contributed by atoms with E-state index < -0.39 is 38.2 Å². The van der Waals surface area contributed by atoms with Crippen molar-refractivity contribution in [3.8, 4) is 0 Å². The van der Waals surface area contributed by atoms with Gasteiger partial charge in [-0.3, -0.25) is 14.4 Å². The SMILES string of the molecule is O=[N+]([O-])c1cnc(N2CCCS2(=O)=O)c(C(F)(F)F)c1. The van der Waals surface area contributed by atoms with E-state index in [1.165, 1.54) is 0 Å². The molecule has 0 spiro atoms. The summed E-state index contributed by atoms with van der Waals surface area (Å²) in [6, 6.07) is 0.288. The number of alkyl halides is 3. The van der Waals surface area contributed by atoms with Crippen molar-refractivity contribution in [3.63, 3.8) is 0 Å². The minimum atomic E-state index is -4.94. The molecule has 0 radical (unpaired) electrons. The molecule has 2 rings (SSSR count). The van der Waals surface area contributed by atoms with Crippen LogP contribution in [-0.2, 0) is 16.2 Å². The van der Waals surface area contributed by atoms with Crippen LogP contribution in [0.15, 0.2) is 12.3 Å². The lowest BCUT2D eigenvalue weighted by Crippen LogP contribution is -2.28. The Kier molecular flexibility index (Phi) is 3.32. The zero-order chi connectivity index (χ0) is 15.1. The molecule has 1 saturated heterocycles. The maximum absolute atomic E-state index is 12.9. The summed E-state index contributed by atoms with van der Waals surface area (Å²) in [7, 11) is -3.86. The summed E-state index contributed by atoms with van der Waals surface area (Å²) >= 11 is 0. The number of pyridine rings is 1.